The average molecular weight is 218 g/mol. The van der Waals surface area contributed by atoms with Crippen molar-refractivity contribution in [2.45, 2.75) is 13.3 Å². The molecule has 0 atom stereocenters. The van der Waals surface area contributed by atoms with Crippen LogP contribution < -0.4 is 0 Å². The Bertz CT molecular complexity index is 519. The number of nitrogens with zero attached hydrogens (tertiary/aromatic N) is 2. The summed E-state index contributed by atoms with van der Waals surface area (Å²) >= 11 is 0. The summed E-state index contributed by atoms with van der Waals surface area (Å²) in [6.07, 6.45) is 0.716. The molecule has 5 heteroatoms. The van der Waals surface area contributed by atoms with Gasteiger partial charge in [-0.3, -0.25) is 10.1 Å². The van der Waals surface area contributed by atoms with E-state index in [1.54, 1.807) is 24.3 Å². The van der Waals surface area contributed by atoms with E-state index < -0.39 is 4.92 Å². The molecule has 0 aliphatic carbocycles. The van der Waals surface area contributed by atoms with E-state index in [1.807, 2.05) is 6.92 Å². The highest BCUT2D eigenvalue weighted by atomic mass is 16.6. The van der Waals surface area contributed by atoms with E-state index in [0.29, 0.717) is 23.4 Å². The zero-order valence-electron chi connectivity index (χ0n) is 8.71. The van der Waals surface area contributed by atoms with Crippen molar-refractivity contribution in [2.24, 2.45) is 0 Å². The van der Waals surface area contributed by atoms with Gasteiger partial charge in [-0.2, -0.15) is 0 Å². The molecule has 0 fully saturated rings. The lowest BCUT2D eigenvalue weighted by atomic mass is 10.1. The molecule has 5 nitrogen and oxygen atoms in total. The first-order valence-electron chi connectivity index (χ1n) is 4.91. The summed E-state index contributed by atoms with van der Waals surface area (Å²) in [5.41, 5.74) is 1.03. The fraction of sp³-hybridized carbons (Fsp3) is 0.182. The van der Waals surface area contributed by atoms with Crippen LogP contribution >= 0.6 is 0 Å². The Morgan fingerprint density at radius 1 is 1.44 bits per heavy atom. The zero-order valence-corrected chi connectivity index (χ0v) is 8.71. The molecule has 1 aromatic heterocycles. The van der Waals surface area contributed by atoms with E-state index in [1.165, 1.54) is 6.07 Å². The number of aryl methyl sites for hydroxylation is 1. The molecule has 0 aliphatic heterocycles. The Morgan fingerprint density at radius 2 is 2.19 bits per heavy atom. The van der Waals surface area contributed by atoms with Gasteiger partial charge in [0.2, 0.25) is 0 Å². The Morgan fingerprint density at radius 3 is 2.81 bits per heavy atom. The number of hydrogen-bond acceptors (Lipinski definition) is 4. The molecule has 0 amide bonds. The quantitative estimate of drug-likeness (QED) is 0.586. The van der Waals surface area contributed by atoms with Crippen LogP contribution in [0.2, 0.25) is 0 Å². The second-order valence-corrected chi connectivity index (χ2v) is 3.31. The number of nitro groups is 1. The van der Waals surface area contributed by atoms with Gasteiger partial charge in [-0.1, -0.05) is 24.2 Å². The lowest BCUT2D eigenvalue weighted by Crippen LogP contribution is -1.91. The lowest BCUT2D eigenvalue weighted by molar-refractivity contribution is -0.384. The maximum absolute atomic E-state index is 10.8. The maximum Gasteiger partial charge on any atom is 0.278 e. The van der Waals surface area contributed by atoms with Crippen LogP contribution in [0.4, 0.5) is 5.69 Å². The summed E-state index contributed by atoms with van der Waals surface area (Å²) in [6.45, 7) is 1.93. The van der Waals surface area contributed by atoms with Gasteiger partial charge in [0.15, 0.2) is 0 Å². The third-order valence-corrected chi connectivity index (χ3v) is 2.28. The molecule has 0 spiro atoms. The minimum atomic E-state index is -0.421. The first-order chi connectivity index (χ1) is 7.72. The summed E-state index contributed by atoms with van der Waals surface area (Å²) < 4.78 is 5.03. The predicted molar refractivity (Wildman–Crippen MR) is 58.0 cm³/mol. The largest absolute Gasteiger partial charge is 0.361 e. The molecule has 82 valence electrons. The molecular formula is C11H10N2O3. The molecule has 0 unspecified atom stereocenters. The Balaban J connectivity index is 2.50. The van der Waals surface area contributed by atoms with Gasteiger partial charge in [-0.25, -0.2) is 0 Å². The topological polar surface area (TPSA) is 69.2 Å². The standard InChI is InChI=1S/C11H10N2O3/c1-2-8-7-10(12-16-8)9-5-3-4-6-11(9)13(14)15/h3-7H,2H2,1H3. The number of aromatic nitrogens is 1. The fourth-order valence-corrected chi connectivity index (χ4v) is 1.46. The first kappa shape index (κ1) is 10.4. The van der Waals surface area contributed by atoms with Crippen molar-refractivity contribution in [1.29, 1.82) is 0 Å². The van der Waals surface area contributed by atoms with Crippen molar-refractivity contribution in [3.8, 4) is 11.3 Å². The molecule has 0 saturated carbocycles. The van der Waals surface area contributed by atoms with E-state index >= 15 is 0 Å². The molecule has 0 bridgehead atoms. The summed E-state index contributed by atoms with van der Waals surface area (Å²) in [5, 5.41) is 14.6. The van der Waals surface area contributed by atoms with Crippen LogP contribution in [0, 0.1) is 10.1 Å². The van der Waals surface area contributed by atoms with Crippen LogP contribution in [0.1, 0.15) is 12.7 Å². The van der Waals surface area contributed by atoms with Gasteiger partial charge in [-0.05, 0) is 6.07 Å². The fourth-order valence-electron chi connectivity index (χ4n) is 1.46. The number of hydrogen-bond donors (Lipinski definition) is 0. The van der Waals surface area contributed by atoms with Gasteiger partial charge in [-0.15, -0.1) is 0 Å². The van der Waals surface area contributed by atoms with Gasteiger partial charge < -0.3 is 4.52 Å². The minimum Gasteiger partial charge on any atom is -0.361 e. The van der Waals surface area contributed by atoms with E-state index in [4.69, 9.17) is 4.52 Å². The summed E-state index contributed by atoms with van der Waals surface area (Å²) in [4.78, 5) is 10.4. The molecule has 1 heterocycles. The normalized spacial score (nSPS) is 10.3. The SMILES string of the molecule is CCc1cc(-c2ccccc2[N+](=O)[O-])no1. The Hall–Kier alpha value is -2.17. The molecule has 16 heavy (non-hydrogen) atoms. The van der Waals surface area contributed by atoms with Gasteiger partial charge in [0.25, 0.3) is 5.69 Å². The zero-order chi connectivity index (χ0) is 11.5. The number of nitro benzene ring substituents is 1. The van der Waals surface area contributed by atoms with Crippen LogP contribution in [0.15, 0.2) is 34.9 Å². The van der Waals surface area contributed by atoms with Crippen molar-refractivity contribution < 1.29 is 9.45 Å². The van der Waals surface area contributed by atoms with Crippen molar-refractivity contribution in [2.75, 3.05) is 0 Å². The number of benzene rings is 1. The van der Waals surface area contributed by atoms with Gasteiger partial charge in [0.1, 0.15) is 11.5 Å². The van der Waals surface area contributed by atoms with Gasteiger partial charge in [0, 0.05) is 18.6 Å². The highest BCUT2D eigenvalue weighted by Crippen LogP contribution is 2.28. The summed E-state index contributed by atoms with van der Waals surface area (Å²) in [6, 6.07) is 8.21. The van der Waals surface area contributed by atoms with Crippen LogP contribution in [-0.2, 0) is 6.42 Å². The number of para-hydroxylation sites is 1. The van der Waals surface area contributed by atoms with Crippen LogP contribution in [0.25, 0.3) is 11.3 Å². The summed E-state index contributed by atoms with van der Waals surface area (Å²) in [7, 11) is 0. The second-order valence-electron chi connectivity index (χ2n) is 3.31. The van der Waals surface area contributed by atoms with E-state index in [0.717, 1.165) is 0 Å². The third-order valence-electron chi connectivity index (χ3n) is 2.28. The number of rotatable bonds is 3. The molecular weight excluding hydrogens is 208 g/mol. The Labute approximate surface area is 91.8 Å². The smallest absolute Gasteiger partial charge is 0.278 e. The van der Waals surface area contributed by atoms with Crippen LogP contribution in [0.5, 0.6) is 0 Å². The predicted octanol–water partition coefficient (Wildman–Crippen LogP) is 2.81. The van der Waals surface area contributed by atoms with Crippen LogP contribution in [-0.4, -0.2) is 10.1 Å². The molecule has 0 radical (unpaired) electrons. The third kappa shape index (κ3) is 1.79. The molecule has 2 rings (SSSR count). The van der Waals surface area contributed by atoms with Gasteiger partial charge >= 0.3 is 0 Å². The van der Waals surface area contributed by atoms with Crippen molar-refractivity contribution >= 4 is 5.69 Å². The van der Waals surface area contributed by atoms with Crippen molar-refractivity contribution in [1.82, 2.24) is 5.16 Å². The monoisotopic (exact) mass is 218 g/mol. The lowest BCUT2D eigenvalue weighted by Gasteiger charge is -1.96. The first-order valence-corrected chi connectivity index (χ1v) is 4.91. The molecule has 0 N–H and O–H groups in total. The minimum absolute atomic E-state index is 0.0402. The highest BCUT2D eigenvalue weighted by Gasteiger charge is 2.17. The van der Waals surface area contributed by atoms with E-state index in [-0.39, 0.29) is 5.69 Å². The van der Waals surface area contributed by atoms with E-state index in [9.17, 15) is 10.1 Å². The second kappa shape index (κ2) is 4.14. The Kier molecular flexibility index (Phi) is 2.68. The van der Waals surface area contributed by atoms with E-state index in [2.05, 4.69) is 5.16 Å². The molecule has 0 aliphatic rings. The van der Waals surface area contributed by atoms with Gasteiger partial charge in [0.05, 0.1) is 10.5 Å². The molecule has 0 saturated heterocycles. The molecule has 1 aromatic carbocycles. The van der Waals surface area contributed by atoms with Crippen molar-refractivity contribution in [3.05, 3.63) is 46.2 Å². The highest BCUT2D eigenvalue weighted by molar-refractivity contribution is 5.70. The molecule has 2 aromatic rings. The average Bonchev–Trinajstić information content (AvgIpc) is 2.77. The van der Waals surface area contributed by atoms with Crippen LogP contribution in [0.3, 0.4) is 0 Å². The summed E-state index contributed by atoms with van der Waals surface area (Å²) in [5.74, 6) is 0.716. The van der Waals surface area contributed by atoms with Crippen molar-refractivity contribution in [3.63, 3.8) is 0 Å². The maximum atomic E-state index is 10.8.